The van der Waals surface area contributed by atoms with Crippen molar-refractivity contribution >= 4 is 11.6 Å². The Kier molecular flexibility index (Phi) is 5.07. The Labute approximate surface area is 229 Å². The molecule has 13 atom stereocenters. The first kappa shape index (κ1) is 25.1. The van der Waals surface area contributed by atoms with Crippen molar-refractivity contribution in [2.75, 3.05) is 0 Å². The molecule has 0 heterocycles. The second-order valence-corrected chi connectivity index (χ2v) is 13.4. The van der Waals surface area contributed by atoms with E-state index in [1.807, 2.05) is 36.5 Å². The highest BCUT2D eigenvalue weighted by Crippen LogP contribution is 2.68. The van der Waals surface area contributed by atoms with Crippen molar-refractivity contribution in [1.29, 1.82) is 0 Å². The lowest BCUT2D eigenvalue weighted by atomic mass is 9.55. The van der Waals surface area contributed by atoms with Gasteiger partial charge in [0.25, 0.3) is 0 Å². The number of carbonyl (C=O) groups is 2. The Morgan fingerprint density at radius 2 is 1.08 bits per heavy atom. The van der Waals surface area contributed by atoms with E-state index in [0.29, 0.717) is 0 Å². The summed E-state index contributed by atoms with van der Waals surface area (Å²) in [6.45, 7) is 9.71. The van der Waals surface area contributed by atoms with Crippen molar-refractivity contribution in [3.05, 3.63) is 96.2 Å². The predicted molar refractivity (Wildman–Crippen MR) is 148 cm³/mol. The van der Waals surface area contributed by atoms with Gasteiger partial charge in [-0.3, -0.25) is 9.59 Å². The molecule has 7 aliphatic rings. The number of allylic oxidation sites excluding steroid dienone is 9. The normalized spacial score (nSPS) is 52.6. The number of aliphatic hydroxyl groups is 3. The number of carbonyl (C=O) groups excluding carboxylic acids is 2. The molecule has 0 aromatic rings. The van der Waals surface area contributed by atoms with Crippen LogP contribution in [0, 0.1) is 59.2 Å². The van der Waals surface area contributed by atoms with Gasteiger partial charge in [-0.1, -0.05) is 67.3 Å². The zero-order valence-corrected chi connectivity index (χ0v) is 22.6. The molecule has 3 N–H and O–H groups in total. The Morgan fingerprint density at radius 3 is 1.67 bits per heavy atom. The summed E-state index contributed by atoms with van der Waals surface area (Å²) in [6.07, 6.45) is 22.2. The molecule has 0 saturated heterocycles. The molecule has 0 aromatic carbocycles. The number of hydrogen-bond donors (Lipinski definition) is 3. The lowest BCUT2D eigenvalue weighted by Gasteiger charge is -2.47. The van der Waals surface area contributed by atoms with E-state index in [4.69, 9.17) is 0 Å². The van der Waals surface area contributed by atoms with Crippen LogP contribution in [0.2, 0.25) is 0 Å². The maximum atomic E-state index is 14.4. The number of Topliss-reactive ketones (excluding diaryl/α,β-unsaturated/α-hetero) is 2. The van der Waals surface area contributed by atoms with Crippen molar-refractivity contribution in [2.45, 2.75) is 37.6 Å². The van der Waals surface area contributed by atoms with Gasteiger partial charge in [0.15, 0.2) is 0 Å². The van der Waals surface area contributed by atoms with Gasteiger partial charge in [0.05, 0.1) is 16.8 Å². The van der Waals surface area contributed by atoms with E-state index in [1.54, 1.807) is 57.2 Å². The van der Waals surface area contributed by atoms with E-state index in [1.165, 1.54) is 0 Å². The largest absolute Gasteiger partial charge is 0.382 e. The summed E-state index contributed by atoms with van der Waals surface area (Å²) < 4.78 is 0. The fourth-order valence-electron chi connectivity index (χ4n) is 9.02. The van der Waals surface area contributed by atoms with E-state index in [-0.39, 0.29) is 64.8 Å². The molecule has 7 rings (SSSR count). The van der Waals surface area contributed by atoms with Gasteiger partial charge in [-0.2, -0.15) is 0 Å². The third-order valence-electron chi connectivity index (χ3n) is 10.7. The number of fused-ring (bicyclic) bond motifs is 11. The maximum absolute atomic E-state index is 14.4. The Bertz CT molecular complexity index is 1400. The SMILES string of the molecule is C=C1C2=C(C=CC(C)(O)C=C2)C2C1C1C3C=CC(C)(O)C=CC3C(=O)C1C1C3C=CC(C)(O)C=CC3C(=O)C21. The summed E-state index contributed by atoms with van der Waals surface area (Å²) in [6, 6.07) is 0. The minimum Gasteiger partial charge on any atom is -0.382 e. The van der Waals surface area contributed by atoms with Crippen LogP contribution in [0.5, 0.6) is 0 Å². The molecule has 0 amide bonds. The van der Waals surface area contributed by atoms with Crippen LogP contribution in [0.3, 0.4) is 0 Å². The molecule has 0 radical (unpaired) electrons. The molecule has 3 saturated carbocycles. The first-order valence-corrected chi connectivity index (χ1v) is 14.1. The highest BCUT2D eigenvalue weighted by Gasteiger charge is 2.69. The molecule has 5 heteroatoms. The third kappa shape index (κ3) is 3.49. The van der Waals surface area contributed by atoms with Crippen LogP contribution < -0.4 is 0 Å². The van der Waals surface area contributed by atoms with Crippen molar-refractivity contribution in [2.24, 2.45) is 59.2 Å². The van der Waals surface area contributed by atoms with Crippen LogP contribution in [0.25, 0.3) is 0 Å². The summed E-state index contributed by atoms with van der Waals surface area (Å²) in [4.78, 5) is 28.7. The van der Waals surface area contributed by atoms with Gasteiger partial charge in [-0.25, -0.2) is 0 Å². The minimum atomic E-state index is -1.14. The first-order chi connectivity index (χ1) is 18.3. The van der Waals surface area contributed by atoms with Crippen molar-refractivity contribution in [1.82, 2.24) is 0 Å². The van der Waals surface area contributed by atoms with E-state index < -0.39 is 22.7 Å². The molecule has 3 fully saturated rings. The van der Waals surface area contributed by atoms with Gasteiger partial charge < -0.3 is 15.3 Å². The summed E-state index contributed by atoms with van der Waals surface area (Å²) in [7, 11) is 0. The summed E-state index contributed by atoms with van der Waals surface area (Å²) >= 11 is 0. The molecule has 202 valence electrons. The standard InChI is InChI=1S/C34H36O5/c1-17-18-5-11-32(2,37)12-6-19(18)25-24(17)26-20-7-13-33(3,38)15-9-22(20)30(35)29(26)27-21-8-14-34(4,39)16-10-23(21)31(36)28(25)27/h5-16,20-29,37-39H,1H2,2-4H3. The number of hydrogen-bond acceptors (Lipinski definition) is 5. The molecule has 39 heavy (non-hydrogen) atoms. The monoisotopic (exact) mass is 524 g/mol. The Hall–Kier alpha value is -2.86. The molecular formula is C34H36O5. The average molecular weight is 525 g/mol. The van der Waals surface area contributed by atoms with Crippen LogP contribution in [-0.4, -0.2) is 43.7 Å². The second kappa shape index (κ2) is 7.87. The molecular weight excluding hydrogens is 488 g/mol. The Balaban J connectivity index is 1.43. The molecule has 0 aliphatic heterocycles. The highest BCUT2D eigenvalue weighted by atomic mass is 16.3. The zero-order valence-electron chi connectivity index (χ0n) is 22.6. The van der Waals surface area contributed by atoms with Crippen molar-refractivity contribution in [3.63, 3.8) is 0 Å². The van der Waals surface area contributed by atoms with Gasteiger partial charge in [0.2, 0.25) is 0 Å². The lowest BCUT2D eigenvalue weighted by molar-refractivity contribution is -0.131. The third-order valence-corrected chi connectivity index (χ3v) is 10.7. The highest BCUT2D eigenvalue weighted by molar-refractivity contribution is 5.95. The molecule has 0 bridgehead atoms. The van der Waals surface area contributed by atoms with E-state index in [0.717, 1.165) is 16.7 Å². The van der Waals surface area contributed by atoms with Crippen LogP contribution in [-0.2, 0) is 9.59 Å². The maximum Gasteiger partial charge on any atom is 0.144 e. The molecule has 5 nitrogen and oxygen atoms in total. The van der Waals surface area contributed by atoms with Crippen LogP contribution in [0.4, 0.5) is 0 Å². The summed E-state index contributed by atoms with van der Waals surface area (Å²) in [5.74, 6) is -2.02. The summed E-state index contributed by atoms with van der Waals surface area (Å²) in [5.41, 5.74) is -0.454. The quantitative estimate of drug-likeness (QED) is 0.419. The van der Waals surface area contributed by atoms with E-state index >= 15 is 0 Å². The zero-order chi connectivity index (χ0) is 27.6. The van der Waals surface area contributed by atoms with Crippen molar-refractivity contribution in [3.8, 4) is 0 Å². The smallest absolute Gasteiger partial charge is 0.144 e. The molecule has 0 spiro atoms. The fourth-order valence-corrected chi connectivity index (χ4v) is 9.02. The van der Waals surface area contributed by atoms with Crippen LogP contribution >= 0.6 is 0 Å². The molecule has 0 aromatic heterocycles. The topological polar surface area (TPSA) is 94.8 Å². The molecule has 7 aliphatic carbocycles. The van der Waals surface area contributed by atoms with E-state index in [9.17, 15) is 24.9 Å². The molecule has 13 unspecified atom stereocenters. The van der Waals surface area contributed by atoms with Gasteiger partial charge >= 0.3 is 0 Å². The van der Waals surface area contributed by atoms with Gasteiger partial charge in [-0.15, -0.1) is 0 Å². The average Bonchev–Trinajstić information content (AvgIpc) is 3.21. The van der Waals surface area contributed by atoms with Crippen LogP contribution in [0.1, 0.15) is 20.8 Å². The second-order valence-electron chi connectivity index (χ2n) is 13.4. The van der Waals surface area contributed by atoms with Gasteiger partial charge in [0.1, 0.15) is 11.6 Å². The first-order valence-electron chi connectivity index (χ1n) is 14.1. The summed E-state index contributed by atoms with van der Waals surface area (Å²) in [5, 5.41) is 32.3. The van der Waals surface area contributed by atoms with Crippen LogP contribution in [0.15, 0.2) is 96.2 Å². The van der Waals surface area contributed by atoms with Gasteiger partial charge in [0, 0.05) is 29.6 Å². The predicted octanol–water partition coefficient (Wildman–Crippen LogP) is 3.82. The number of rotatable bonds is 0. The number of ketones is 2. The Morgan fingerprint density at radius 1 is 0.615 bits per heavy atom. The van der Waals surface area contributed by atoms with E-state index in [2.05, 4.69) is 6.58 Å². The fraction of sp³-hybridized carbons (Fsp3) is 0.471. The lowest BCUT2D eigenvalue weighted by Crippen LogP contribution is -2.48. The minimum absolute atomic E-state index is 0.0713. The van der Waals surface area contributed by atoms with Gasteiger partial charge in [-0.05, 0) is 79.2 Å². The van der Waals surface area contributed by atoms with Crippen molar-refractivity contribution < 1.29 is 24.9 Å².